The molecule has 2 N–H and O–H groups in total. The molecule has 0 bridgehead atoms. The summed E-state index contributed by atoms with van der Waals surface area (Å²) < 4.78 is 42.6. The molecule has 6 nitrogen and oxygen atoms in total. The molecule has 152 valence electrons. The van der Waals surface area contributed by atoms with Crippen LogP contribution < -0.4 is 10.6 Å². The van der Waals surface area contributed by atoms with Gasteiger partial charge in [-0.2, -0.15) is 13.2 Å². The molecule has 1 unspecified atom stereocenters. The third kappa shape index (κ3) is 7.67. The highest BCUT2D eigenvalue weighted by atomic mass is 19.4. The summed E-state index contributed by atoms with van der Waals surface area (Å²) in [5, 5.41) is 6.60. The first-order valence-electron chi connectivity index (χ1n) is 9.37. The Kier molecular flexibility index (Phi) is 8.43. The molecule has 0 radical (unpaired) electrons. The largest absolute Gasteiger partial charge is 0.401 e. The fourth-order valence-electron chi connectivity index (χ4n) is 3.61. The van der Waals surface area contributed by atoms with E-state index in [0.29, 0.717) is 31.4 Å². The summed E-state index contributed by atoms with van der Waals surface area (Å²) in [6.07, 6.45) is -1.16. The molecule has 0 aromatic heterocycles. The zero-order valence-corrected chi connectivity index (χ0v) is 15.8. The number of methoxy groups -OCH3 is 1. The van der Waals surface area contributed by atoms with Gasteiger partial charge < -0.3 is 20.3 Å². The van der Waals surface area contributed by atoms with Gasteiger partial charge in [-0.25, -0.2) is 0 Å². The fourth-order valence-corrected chi connectivity index (χ4v) is 3.61. The van der Waals surface area contributed by atoms with E-state index < -0.39 is 12.7 Å². The van der Waals surface area contributed by atoms with Crippen molar-refractivity contribution in [1.82, 2.24) is 20.4 Å². The summed E-state index contributed by atoms with van der Waals surface area (Å²) >= 11 is 0. The van der Waals surface area contributed by atoms with E-state index in [1.807, 2.05) is 0 Å². The topological polar surface area (TPSA) is 52.1 Å². The zero-order valence-electron chi connectivity index (χ0n) is 15.8. The van der Waals surface area contributed by atoms with Gasteiger partial charge in [0.25, 0.3) is 0 Å². The number of hydrogen-bond donors (Lipinski definition) is 2. The molecule has 9 heteroatoms. The van der Waals surface area contributed by atoms with E-state index in [2.05, 4.69) is 20.5 Å². The standard InChI is InChI=1S/C17H32F3N5O/c1-21-16(23-15-5-8-25(12-15)13-17(18,19)20)22-11-14-3-6-24(7-4-14)9-10-26-2/h14-15H,3-13H2,1-2H3,(H2,21,22,23). The SMILES string of the molecule is CN=C(NCC1CCN(CCOC)CC1)NC1CCN(CC(F)(F)F)C1. The molecular formula is C17H32F3N5O. The molecular weight excluding hydrogens is 347 g/mol. The number of nitrogens with one attached hydrogen (secondary N) is 2. The zero-order chi connectivity index (χ0) is 19.0. The Balaban J connectivity index is 1.64. The lowest BCUT2D eigenvalue weighted by molar-refractivity contribution is -0.143. The molecule has 0 aromatic carbocycles. The quantitative estimate of drug-likeness (QED) is 0.513. The molecule has 0 amide bonds. The molecule has 2 rings (SSSR count). The third-order valence-electron chi connectivity index (χ3n) is 5.12. The van der Waals surface area contributed by atoms with Gasteiger partial charge in [-0.1, -0.05) is 0 Å². The molecule has 2 aliphatic heterocycles. The predicted octanol–water partition coefficient (Wildman–Crippen LogP) is 1.15. The number of alkyl halides is 3. The highest BCUT2D eigenvalue weighted by Gasteiger charge is 2.34. The summed E-state index contributed by atoms with van der Waals surface area (Å²) in [4.78, 5) is 8.08. The van der Waals surface area contributed by atoms with Crippen molar-refractivity contribution in [3.63, 3.8) is 0 Å². The summed E-state index contributed by atoms with van der Waals surface area (Å²) in [5.41, 5.74) is 0. The lowest BCUT2D eigenvalue weighted by Gasteiger charge is -2.32. The minimum Gasteiger partial charge on any atom is -0.383 e. The number of halogens is 3. The van der Waals surface area contributed by atoms with Crippen molar-refractivity contribution in [1.29, 1.82) is 0 Å². The molecule has 2 aliphatic rings. The van der Waals surface area contributed by atoms with Crippen molar-refractivity contribution < 1.29 is 17.9 Å². The maximum atomic E-state index is 12.5. The van der Waals surface area contributed by atoms with E-state index in [9.17, 15) is 13.2 Å². The minimum absolute atomic E-state index is 0.0134. The molecule has 0 spiro atoms. The average molecular weight is 379 g/mol. The van der Waals surface area contributed by atoms with Crippen molar-refractivity contribution in [2.24, 2.45) is 10.9 Å². The maximum Gasteiger partial charge on any atom is 0.401 e. The highest BCUT2D eigenvalue weighted by Crippen LogP contribution is 2.20. The summed E-state index contributed by atoms with van der Waals surface area (Å²) in [5.74, 6) is 1.28. The second-order valence-corrected chi connectivity index (χ2v) is 7.21. The van der Waals surface area contributed by atoms with Crippen LogP contribution in [0.4, 0.5) is 13.2 Å². The van der Waals surface area contributed by atoms with Crippen LogP contribution in [0, 0.1) is 5.92 Å². The van der Waals surface area contributed by atoms with Crippen LogP contribution in [0.5, 0.6) is 0 Å². The van der Waals surface area contributed by atoms with Crippen LogP contribution in [0.3, 0.4) is 0 Å². The van der Waals surface area contributed by atoms with Crippen LogP contribution in [0.25, 0.3) is 0 Å². The molecule has 2 saturated heterocycles. The molecule has 26 heavy (non-hydrogen) atoms. The van der Waals surface area contributed by atoms with Gasteiger partial charge in [-0.3, -0.25) is 9.89 Å². The number of guanidine groups is 1. The predicted molar refractivity (Wildman–Crippen MR) is 96.4 cm³/mol. The van der Waals surface area contributed by atoms with E-state index >= 15 is 0 Å². The van der Waals surface area contributed by atoms with Crippen LogP contribution in [0.1, 0.15) is 19.3 Å². The highest BCUT2D eigenvalue weighted by molar-refractivity contribution is 5.80. The summed E-state index contributed by atoms with van der Waals surface area (Å²) in [6.45, 7) is 4.79. The van der Waals surface area contributed by atoms with Gasteiger partial charge in [0.15, 0.2) is 5.96 Å². The second kappa shape index (κ2) is 10.3. The van der Waals surface area contributed by atoms with Gasteiger partial charge in [-0.15, -0.1) is 0 Å². The first-order valence-corrected chi connectivity index (χ1v) is 9.37. The Bertz CT molecular complexity index is 439. The number of aliphatic imine (C=N–C) groups is 1. The van der Waals surface area contributed by atoms with Crippen molar-refractivity contribution in [2.75, 3.05) is 66.6 Å². The number of ether oxygens (including phenoxy) is 1. The maximum absolute atomic E-state index is 12.5. The van der Waals surface area contributed by atoms with Crippen LogP contribution >= 0.6 is 0 Å². The first-order chi connectivity index (χ1) is 12.4. The van der Waals surface area contributed by atoms with Gasteiger partial charge in [0.1, 0.15) is 0 Å². The van der Waals surface area contributed by atoms with Crippen LogP contribution in [0.15, 0.2) is 4.99 Å². The molecule has 1 atom stereocenters. The van der Waals surface area contributed by atoms with E-state index in [-0.39, 0.29) is 6.04 Å². The Morgan fingerprint density at radius 1 is 1.15 bits per heavy atom. The Morgan fingerprint density at radius 2 is 1.85 bits per heavy atom. The lowest BCUT2D eigenvalue weighted by atomic mass is 9.97. The number of nitrogens with zero attached hydrogens (tertiary/aromatic N) is 3. The van der Waals surface area contributed by atoms with Gasteiger partial charge in [0, 0.05) is 46.4 Å². The van der Waals surface area contributed by atoms with Crippen molar-refractivity contribution in [3.8, 4) is 0 Å². The number of likely N-dealkylation sites (tertiary alicyclic amines) is 2. The van der Waals surface area contributed by atoms with Gasteiger partial charge in [0.05, 0.1) is 13.2 Å². The van der Waals surface area contributed by atoms with E-state index in [4.69, 9.17) is 4.74 Å². The number of rotatable bonds is 7. The summed E-state index contributed by atoms with van der Waals surface area (Å²) in [7, 11) is 3.42. The Labute approximate surface area is 154 Å². The minimum atomic E-state index is -4.13. The van der Waals surface area contributed by atoms with Crippen LogP contribution in [-0.2, 0) is 4.74 Å². The van der Waals surface area contributed by atoms with Crippen molar-refractivity contribution in [2.45, 2.75) is 31.5 Å². The van der Waals surface area contributed by atoms with Gasteiger partial charge in [-0.05, 0) is 38.3 Å². The molecule has 2 heterocycles. The second-order valence-electron chi connectivity index (χ2n) is 7.21. The van der Waals surface area contributed by atoms with E-state index in [1.165, 1.54) is 4.90 Å². The Hall–Kier alpha value is -1.06. The molecule has 0 aliphatic carbocycles. The number of piperidine rings is 1. The van der Waals surface area contributed by atoms with Crippen LogP contribution in [0.2, 0.25) is 0 Å². The van der Waals surface area contributed by atoms with Crippen molar-refractivity contribution in [3.05, 3.63) is 0 Å². The Morgan fingerprint density at radius 3 is 2.46 bits per heavy atom. The molecule has 0 aromatic rings. The van der Waals surface area contributed by atoms with Gasteiger partial charge in [0.2, 0.25) is 0 Å². The average Bonchev–Trinajstić information content (AvgIpc) is 3.02. The van der Waals surface area contributed by atoms with E-state index in [1.54, 1.807) is 14.2 Å². The summed E-state index contributed by atoms with van der Waals surface area (Å²) in [6, 6.07) is 0.0134. The smallest absolute Gasteiger partial charge is 0.383 e. The molecule has 0 saturated carbocycles. The third-order valence-corrected chi connectivity index (χ3v) is 5.12. The lowest BCUT2D eigenvalue weighted by Crippen LogP contribution is -2.47. The van der Waals surface area contributed by atoms with Crippen LogP contribution in [-0.4, -0.2) is 94.6 Å². The fraction of sp³-hybridized carbons (Fsp3) is 0.941. The van der Waals surface area contributed by atoms with Crippen molar-refractivity contribution >= 4 is 5.96 Å². The normalized spacial score (nSPS) is 24.2. The monoisotopic (exact) mass is 379 g/mol. The first kappa shape index (κ1) is 21.2. The molecule has 2 fully saturated rings. The van der Waals surface area contributed by atoms with Gasteiger partial charge >= 0.3 is 6.18 Å². The number of hydrogen-bond acceptors (Lipinski definition) is 4. The van der Waals surface area contributed by atoms with E-state index in [0.717, 1.165) is 45.6 Å².